The minimum Gasteiger partial charge on any atom is -0.435 e. The average Bonchev–Trinajstić information content (AvgIpc) is 3.04. The zero-order chi connectivity index (χ0) is 19.7. The van der Waals surface area contributed by atoms with Crippen molar-refractivity contribution >= 4 is 17.2 Å². The van der Waals surface area contributed by atoms with Crippen molar-refractivity contribution in [2.45, 2.75) is 20.1 Å². The highest BCUT2D eigenvalue weighted by atomic mass is 19.3. The number of rotatable bonds is 5. The van der Waals surface area contributed by atoms with Crippen LogP contribution in [0.5, 0.6) is 5.75 Å². The first-order valence-corrected chi connectivity index (χ1v) is 8.82. The van der Waals surface area contributed by atoms with Crippen LogP contribution >= 0.6 is 0 Å². The molecular weight excluding hydrogens is 364 g/mol. The molecular formula is C21H19F2N3O2+. The van der Waals surface area contributed by atoms with Gasteiger partial charge >= 0.3 is 6.61 Å². The van der Waals surface area contributed by atoms with E-state index in [2.05, 4.69) is 14.5 Å². The number of alkyl halides is 2. The lowest BCUT2D eigenvalue weighted by atomic mass is 10.1. The lowest BCUT2D eigenvalue weighted by Crippen LogP contribution is -2.44. The lowest BCUT2D eigenvalue weighted by Gasteiger charge is -2.24. The van der Waals surface area contributed by atoms with Gasteiger partial charge in [0, 0.05) is 30.5 Å². The standard InChI is InChI=1S/C21H19F2N3O2/c1-14-20(16-5-7-18(8-6-16)28-21(22)23)24-19-9-10-25(13-26(14)19)17-4-2-3-15(11-17)12-27/h2-11,21,27H,12-13H2,1H3/q+1. The summed E-state index contributed by atoms with van der Waals surface area (Å²) in [6, 6.07) is 14.2. The van der Waals surface area contributed by atoms with E-state index in [1.54, 1.807) is 12.1 Å². The molecule has 2 aromatic rings. The first-order chi connectivity index (χ1) is 13.5. The number of aliphatic hydroxyl groups is 1. The number of nitrogens with zero attached hydrogens (tertiary/aromatic N) is 3. The van der Waals surface area contributed by atoms with Crippen LogP contribution in [0, 0.1) is 0 Å². The number of benzene rings is 2. The molecule has 0 fully saturated rings. The highest BCUT2D eigenvalue weighted by Gasteiger charge is 2.38. The van der Waals surface area contributed by atoms with Crippen LogP contribution in [-0.2, 0) is 6.61 Å². The maximum Gasteiger partial charge on any atom is 0.387 e. The molecule has 1 radical (unpaired) electrons. The van der Waals surface area contributed by atoms with Crippen molar-refractivity contribution < 1.29 is 18.6 Å². The summed E-state index contributed by atoms with van der Waals surface area (Å²) in [4.78, 5) is 8.85. The van der Waals surface area contributed by atoms with Gasteiger partial charge in [0.25, 0.3) is 5.84 Å². The topological polar surface area (TPSA) is 51.0 Å². The van der Waals surface area contributed by atoms with Crippen LogP contribution in [0.15, 0.2) is 71.5 Å². The molecule has 2 heterocycles. The first-order valence-electron chi connectivity index (χ1n) is 8.82. The van der Waals surface area contributed by atoms with E-state index >= 15 is 0 Å². The van der Waals surface area contributed by atoms with Gasteiger partial charge in [-0.15, -0.1) is 0 Å². The minimum absolute atomic E-state index is 0.00381. The Hall–Kier alpha value is -3.03. The Bertz CT molecular complexity index is 968. The minimum atomic E-state index is -2.84. The highest BCUT2D eigenvalue weighted by molar-refractivity contribution is 6.05. The highest BCUT2D eigenvalue weighted by Crippen LogP contribution is 2.31. The molecule has 0 aliphatic carbocycles. The normalized spacial score (nSPS) is 16.6. The largest absolute Gasteiger partial charge is 0.435 e. The van der Waals surface area contributed by atoms with Gasteiger partial charge in [0.1, 0.15) is 11.4 Å². The third kappa shape index (κ3) is 3.54. The summed E-state index contributed by atoms with van der Waals surface area (Å²) in [5.74, 6) is 0.949. The predicted molar refractivity (Wildman–Crippen MR) is 104 cm³/mol. The van der Waals surface area contributed by atoms with Crippen molar-refractivity contribution in [3.63, 3.8) is 0 Å². The number of fused-ring (bicyclic) bond motifs is 1. The smallest absolute Gasteiger partial charge is 0.387 e. The van der Waals surface area contributed by atoms with Crippen molar-refractivity contribution in [2.24, 2.45) is 4.99 Å². The Balaban J connectivity index is 1.57. The van der Waals surface area contributed by atoms with Crippen molar-refractivity contribution in [1.82, 2.24) is 4.90 Å². The molecule has 2 aliphatic rings. The Labute approximate surface area is 161 Å². The van der Waals surface area contributed by atoms with Crippen LogP contribution in [0.1, 0.15) is 18.1 Å². The van der Waals surface area contributed by atoms with E-state index in [0.717, 1.165) is 34.0 Å². The van der Waals surface area contributed by atoms with Gasteiger partial charge in [0.2, 0.25) is 6.67 Å². The molecule has 4 rings (SSSR count). The Morgan fingerprint density at radius 2 is 2.00 bits per heavy atom. The molecule has 0 amide bonds. The number of amidine groups is 1. The van der Waals surface area contributed by atoms with Crippen molar-refractivity contribution in [1.29, 1.82) is 0 Å². The second-order valence-corrected chi connectivity index (χ2v) is 6.49. The van der Waals surface area contributed by atoms with Gasteiger partial charge in [0.15, 0.2) is 5.70 Å². The average molecular weight is 383 g/mol. The zero-order valence-electron chi connectivity index (χ0n) is 15.2. The molecule has 2 aliphatic heterocycles. The lowest BCUT2D eigenvalue weighted by molar-refractivity contribution is -0.0498. The molecule has 0 unspecified atom stereocenters. The van der Waals surface area contributed by atoms with Gasteiger partial charge in [-0.2, -0.15) is 13.8 Å². The molecule has 0 bridgehead atoms. The second-order valence-electron chi connectivity index (χ2n) is 6.49. The van der Waals surface area contributed by atoms with Crippen LogP contribution in [0.3, 0.4) is 0 Å². The van der Waals surface area contributed by atoms with E-state index in [-0.39, 0.29) is 12.4 Å². The number of anilines is 1. The van der Waals surface area contributed by atoms with Gasteiger partial charge in [-0.1, -0.05) is 17.0 Å². The number of aliphatic hydroxyl groups excluding tert-OH is 1. The summed E-state index contributed by atoms with van der Waals surface area (Å²) < 4.78 is 29.1. The van der Waals surface area contributed by atoms with Crippen LogP contribution in [0.2, 0.25) is 0 Å². The van der Waals surface area contributed by atoms with Gasteiger partial charge in [-0.25, -0.2) is 0 Å². The van der Waals surface area contributed by atoms with Crippen LogP contribution in [0.25, 0.3) is 5.70 Å². The maximum absolute atomic E-state index is 12.3. The van der Waals surface area contributed by atoms with Gasteiger partial charge in [0.05, 0.1) is 6.61 Å². The van der Waals surface area contributed by atoms with Gasteiger partial charge < -0.3 is 9.84 Å². The molecule has 0 saturated carbocycles. The SMILES string of the molecule is CC1=C(c2ccc(OC(F)F)cc2)N=C2C=CN(c3cccc(CO)c3)C[N+]21. The summed E-state index contributed by atoms with van der Waals surface area (Å²) in [6.45, 7) is -0.271. The molecule has 5 nitrogen and oxygen atoms in total. The maximum atomic E-state index is 12.3. The molecule has 7 heteroatoms. The number of aliphatic imine (C=N–C) groups is 1. The molecule has 0 atom stereocenters. The fourth-order valence-corrected chi connectivity index (χ4v) is 3.29. The predicted octanol–water partition coefficient (Wildman–Crippen LogP) is 4.01. The fourth-order valence-electron chi connectivity index (χ4n) is 3.29. The molecule has 143 valence electrons. The Morgan fingerprint density at radius 3 is 2.71 bits per heavy atom. The van der Waals surface area contributed by atoms with Crippen molar-refractivity contribution in [2.75, 3.05) is 11.6 Å². The summed E-state index contributed by atoms with van der Waals surface area (Å²) in [5, 5.41) is 9.36. The first kappa shape index (κ1) is 18.3. The van der Waals surface area contributed by atoms with E-state index in [0.29, 0.717) is 6.67 Å². The van der Waals surface area contributed by atoms with Gasteiger partial charge in [-0.3, -0.25) is 4.90 Å². The number of ether oxygens (including phenoxy) is 1. The Kier molecular flexibility index (Phi) is 4.93. The van der Waals surface area contributed by atoms with E-state index < -0.39 is 6.61 Å². The third-order valence-corrected chi connectivity index (χ3v) is 4.73. The van der Waals surface area contributed by atoms with E-state index in [9.17, 15) is 13.9 Å². The fraction of sp³-hybridized carbons (Fsp3) is 0.190. The Morgan fingerprint density at radius 1 is 1.21 bits per heavy atom. The third-order valence-electron chi connectivity index (χ3n) is 4.73. The molecule has 2 aromatic carbocycles. The van der Waals surface area contributed by atoms with Crippen molar-refractivity contribution in [3.8, 4) is 5.75 Å². The summed E-state index contributed by atoms with van der Waals surface area (Å²) in [5.41, 5.74) is 4.45. The van der Waals surface area contributed by atoms with Crippen molar-refractivity contribution in [3.05, 3.63) is 77.6 Å². The van der Waals surface area contributed by atoms with Crippen LogP contribution in [-0.4, -0.2) is 24.2 Å². The molecule has 0 saturated heterocycles. The van der Waals surface area contributed by atoms with E-state index in [1.165, 1.54) is 12.1 Å². The number of allylic oxidation sites excluding steroid dienone is 1. The zero-order valence-corrected chi connectivity index (χ0v) is 15.2. The molecule has 28 heavy (non-hydrogen) atoms. The van der Waals surface area contributed by atoms with E-state index in [1.807, 2.05) is 43.5 Å². The quantitative estimate of drug-likeness (QED) is 0.794. The van der Waals surface area contributed by atoms with E-state index in [4.69, 9.17) is 4.99 Å². The number of hydrogen-bond donors (Lipinski definition) is 1. The second kappa shape index (κ2) is 7.53. The monoisotopic (exact) mass is 383 g/mol. The molecule has 0 aromatic heterocycles. The molecule has 1 N–H and O–H groups in total. The summed E-state index contributed by atoms with van der Waals surface area (Å²) in [7, 11) is 0. The number of hydrogen-bond acceptors (Lipinski definition) is 5. The van der Waals surface area contributed by atoms with Gasteiger partial charge in [-0.05, 0) is 42.0 Å². The van der Waals surface area contributed by atoms with Crippen LogP contribution in [0.4, 0.5) is 14.5 Å². The molecule has 0 spiro atoms. The van der Waals surface area contributed by atoms with Crippen LogP contribution < -0.4 is 14.5 Å². The summed E-state index contributed by atoms with van der Waals surface area (Å²) in [6.07, 6.45) is 3.89. The summed E-state index contributed by atoms with van der Waals surface area (Å²) >= 11 is 0. The number of halogens is 2.